The third-order valence-electron chi connectivity index (χ3n) is 4.11. The van der Waals surface area contributed by atoms with Crippen LogP contribution in [0.15, 0.2) is 5.16 Å². The SMILES string of the molecule is CCNC1CCC(C)(C)CC1Sc1nnc(C)n1C. The number of thioether (sulfide) groups is 1. The van der Waals surface area contributed by atoms with Crippen molar-refractivity contribution in [2.75, 3.05) is 6.54 Å². The molecule has 0 bridgehead atoms. The fourth-order valence-corrected chi connectivity index (χ4v) is 4.35. The average molecular weight is 282 g/mol. The molecule has 5 heteroatoms. The van der Waals surface area contributed by atoms with Gasteiger partial charge in [0.05, 0.1) is 0 Å². The van der Waals surface area contributed by atoms with Gasteiger partial charge in [0.1, 0.15) is 5.82 Å². The van der Waals surface area contributed by atoms with Gasteiger partial charge in [0.2, 0.25) is 0 Å². The molecule has 1 aromatic heterocycles. The molecular weight excluding hydrogens is 256 g/mol. The Kier molecular flexibility index (Phi) is 4.56. The van der Waals surface area contributed by atoms with Crippen LogP contribution in [0.2, 0.25) is 0 Å². The second kappa shape index (κ2) is 5.83. The zero-order valence-corrected chi connectivity index (χ0v) is 13.5. The second-order valence-electron chi connectivity index (χ2n) is 6.32. The van der Waals surface area contributed by atoms with E-state index in [1.54, 1.807) is 0 Å². The lowest BCUT2D eigenvalue weighted by Gasteiger charge is -2.40. The Hall–Kier alpha value is -0.550. The molecule has 1 heterocycles. The molecule has 0 spiro atoms. The van der Waals surface area contributed by atoms with Gasteiger partial charge in [0.15, 0.2) is 5.16 Å². The lowest BCUT2D eigenvalue weighted by Crippen LogP contribution is -2.44. The number of nitrogens with one attached hydrogen (secondary N) is 1. The van der Waals surface area contributed by atoms with Gasteiger partial charge in [-0.15, -0.1) is 10.2 Å². The molecule has 2 rings (SSSR count). The Morgan fingerprint density at radius 3 is 2.74 bits per heavy atom. The third-order valence-corrected chi connectivity index (χ3v) is 5.47. The monoisotopic (exact) mass is 282 g/mol. The van der Waals surface area contributed by atoms with Crippen LogP contribution in [0.3, 0.4) is 0 Å². The van der Waals surface area contributed by atoms with Crippen molar-refractivity contribution in [1.29, 1.82) is 0 Å². The van der Waals surface area contributed by atoms with Crippen molar-refractivity contribution in [1.82, 2.24) is 20.1 Å². The minimum atomic E-state index is 0.442. The fraction of sp³-hybridized carbons (Fsp3) is 0.857. The van der Waals surface area contributed by atoms with E-state index in [0.717, 1.165) is 17.5 Å². The van der Waals surface area contributed by atoms with Crippen molar-refractivity contribution in [2.24, 2.45) is 12.5 Å². The first-order chi connectivity index (χ1) is 8.93. The standard InChI is InChI=1S/C14H26N4S/c1-6-15-11-7-8-14(3,4)9-12(11)19-13-17-16-10(2)18(13)5/h11-12,15H,6-9H2,1-5H3. The zero-order chi connectivity index (χ0) is 14.0. The molecule has 1 saturated carbocycles. The van der Waals surface area contributed by atoms with Crippen molar-refractivity contribution in [3.8, 4) is 0 Å². The van der Waals surface area contributed by atoms with Gasteiger partial charge >= 0.3 is 0 Å². The topological polar surface area (TPSA) is 42.7 Å². The summed E-state index contributed by atoms with van der Waals surface area (Å²) < 4.78 is 2.09. The summed E-state index contributed by atoms with van der Waals surface area (Å²) in [6.07, 6.45) is 3.80. The second-order valence-corrected chi connectivity index (χ2v) is 7.52. The van der Waals surface area contributed by atoms with Gasteiger partial charge in [-0.2, -0.15) is 0 Å². The molecule has 108 valence electrons. The molecule has 1 N–H and O–H groups in total. The van der Waals surface area contributed by atoms with Gasteiger partial charge in [0.25, 0.3) is 0 Å². The van der Waals surface area contributed by atoms with E-state index in [9.17, 15) is 0 Å². The van der Waals surface area contributed by atoms with Gasteiger partial charge in [-0.25, -0.2) is 0 Å². The molecule has 2 atom stereocenters. The van der Waals surface area contributed by atoms with Crippen LogP contribution in [-0.2, 0) is 7.05 Å². The van der Waals surface area contributed by atoms with E-state index in [0.29, 0.717) is 16.7 Å². The predicted molar refractivity (Wildman–Crippen MR) is 80.5 cm³/mol. The lowest BCUT2D eigenvalue weighted by molar-refractivity contribution is 0.215. The van der Waals surface area contributed by atoms with Gasteiger partial charge in [0, 0.05) is 18.3 Å². The van der Waals surface area contributed by atoms with E-state index in [4.69, 9.17) is 0 Å². The van der Waals surface area contributed by atoms with E-state index in [-0.39, 0.29) is 0 Å². The molecule has 0 aromatic carbocycles. The molecule has 1 aromatic rings. The highest BCUT2D eigenvalue weighted by atomic mass is 32.2. The number of hydrogen-bond acceptors (Lipinski definition) is 4. The summed E-state index contributed by atoms with van der Waals surface area (Å²) in [4.78, 5) is 0. The number of nitrogens with zero attached hydrogens (tertiary/aromatic N) is 3. The van der Waals surface area contributed by atoms with Crippen molar-refractivity contribution in [2.45, 2.75) is 63.4 Å². The highest BCUT2D eigenvalue weighted by Crippen LogP contribution is 2.42. The maximum absolute atomic E-state index is 4.30. The number of rotatable bonds is 4. The number of hydrogen-bond donors (Lipinski definition) is 1. The molecule has 0 amide bonds. The number of aryl methyl sites for hydroxylation is 1. The summed E-state index contributed by atoms with van der Waals surface area (Å²) in [5, 5.41) is 13.7. The van der Waals surface area contributed by atoms with Crippen LogP contribution in [0.5, 0.6) is 0 Å². The molecule has 2 unspecified atom stereocenters. The Morgan fingerprint density at radius 2 is 2.16 bits per heavy atom. The van der Waals surface area contributed by atoms with E-state index < -0.39 is 0 Å². The maximum atomic E-state index is 4.30. The van der Waals surface area contributed by atoms with Gasteiger partial charge in [-0.1, -0.05) is 32.5 Å². The summed E-state index contributed by atoms with van der Waals surface area (Å²) in [5.41, 5.74) is 0.442. The van der Waals surface area contributed by atoms with E-state index in [2.05, 4.69) is 40.9 Å². The molecule has 0 saturated heterocycles. The quantitative estimate of drug-likeness (QED) is 0.922. The van der Waals surface area contributed by atoms with Crippen molar-refractivity contribution in [3.63, 3.8) is 0 Å². The van der Waals surface area contributed by atoms with Gasteiger partial charge < -0.3 is 9.88 Å². The smallest absolute Gasteiger partial charge is 0.191 e. The van der Waals surface area contributed by atoms with E-state index in [1.807, 2.05) is 25.7 Å². The molecular formula is C14H26N4S. The van der Waals surface area contributed by atoms with Crippen LogP contribution < -0.4 is 5.32 Å². The Bertz CT molecular complexity index is 427. The molecule has 1 aliphatic carbocycles. The van der Waals surface area contributed by atoms with Crippen LogP contribution >= 0.6 is 11.8 Å². The van der Waals surface area contributed by atoms with Crippen molar-refractivity contribution in [3.05, 3.63) is 5.82 Å². The lowest BCUT2D eigenvalue weighted by atomic mass is 9.75. The normalized spacial score (nSPS) is 26.6. The summed E-state index contributed by atoms with van der Waals surface area (Å²) in [7, 11) is 2.05. The van der Waals surface area contributed by atoms with Gasteiger partial charge in [-0.3, -0.25) is 0 Å². The van der Waals surface area contributed by atoms with Crippen LogP contribution in [-0.4, -0.2) is 32.6 Å². The van der Waals surface area contributed by atoms with Crippen molar-refractivity contribution < 1.29 is 0 Å². The first kappa shape index (κ1) is 14.9. The molecule has 19 heavy (non-hydrogen) atoms. The molecule has 0 aliphatic heterocycles. The van der Waals surface area contributed by atoms with Gasteiger partial charge in [-0.05, 0) is 38.1 Å². The molecule has 1 aliphatic rings. The Labute approximate surface area is 120 Å². The highest BCUT2D eigenvalue weighted by molar-refractivity contribution is 7.99. The first-order valence-electron chi connectivity index (χ1n) is 7.19. The van der Waals surface area contributed by atoms with Crippen LogP contribution in [0.4, 0.5) is 0 Å². The average Bonchev–Trinajstić information content (AvgIpc) is 2.64. The summed E-state index contributed by atoms with van der Waals surface area (Å²) in [6, 6.07) is 0.597. The minimum absolute atomic E-state index is 0.442. The van der Waals surface area contributed by atoms with E-state index in [1.165, 1.54) is 19.3 Å². The Morgan fingerprint density at radius 1 is 1.42 bits per heavy atom. The molecule has 4 nitrogen and oxygen atoms in total. The van der Waals surface area contributed by atoms with Crippen molar-refractivity contribution >= 4 is 11.8 Å². The predicted octanol–water partition coefficient (Wildman–Crippen LogP) is 2.77. The Balaban J connectivity index is 2.11. The largest absolute Gasteiger partial charge is 0.313 e. The highest BCUT2D eigenvalue weighted by Gasteiger charge is 2.35. The summed E-state index contributed by atoms with van der Waals surface area (Å²) in [5.74, 6) is 0.984. The zero-order valence-electron chi connectivity index (χ0n) is 12.7. The van der Waals surface area contributed by atoms with E-state index >= 15 is 0 Å². The molecule has 0 radical (unpaired) electrons. The molecule has 1 fully saturated rings. The maximum Gasteiger partial charge on any atom is 0.191 e. The van der Waals surface area contributed by atoms with Crippen LogP contribution in [0, 0.1) is 12.3 Å². The third kappa shape index (κ3) is 3.51. The van der Waals surface area contributed by atoms with Crippen LogP contribution in [0.1, 0.15) is 45.9 Å². The summed E-state index contributed by atoms with van der Waals surface area (Å²) in [6.45, 7) is 9.99. The number of aromatic nitrogens is 3. The fourth-order valence-electron chi connectivity index (χ4n) is 2.77. The van der Waals surface area contributed by atoms with Crippen LogP contribution in [0.25, 0.3) is 0 Å². The first-order valence-corrected chi connectivity index (χ1v) is 8.07. The summed E-state index contributed by atoms with van der Waals surface area (Å²) >= 11 is 1.89. The minimum Gasteiger partial charge on any atom is -0.313 e.